The van der Waals surface area contributed by atoms with E-state index < -0.39 is 9.84 Å². The summed E-state index contributed by atoms with van der Waals surface area (Å²) in [5.74, 6) is -0.0537. The van der Waals surface area contributed by atoms with Gasteiger partial charge in [-0.2, -0.15) is 0 Å². The fraction of sp³-hybridized carbons (Fsp3) is 0.125. The van der Waals surface area contributed by atoms with E-state index >= 15 is 0 Å². The van der Waals surface area contributed by atoms with E-state index in [9.17, 15) is 8.42 Å². The summed E-state index contributed by atoms with van der Waals surface area (Å²) in [6.07, 6.45) is 0. The minimum Gasteiger partial charge on any atom is -0.223 e. The van der Waals surface area contributed by atoms with Crippen molar-refractivity contribution < 1.29 is 8.42 Å². The summed E-state index contributed by atoms with van der Waals surface area (Å²) in [4.78, 5) is 0.382. The third kappa shape index (κ3) is 3.12. The molecule has 98 valence electrons. The van der Waals surface area contributed by atoms with Gasteiger partial charge in [0.1, 0.15) is 0 Å². The summed E-state index contributed by atoms with van der Waals surface area (Å²) in [5.41, 5.74) is 2.24. The molecule has 2 aromatic carbocycles. The SMILES string of the molecule is C=C(CS(=O)(=O)c1ccccc1C)c1ccccc1. The van der Waals surface area contributed by atoms with E-state index in [1.54, 1.807) is 25.1 Å². The standard InChI is InChI=1S/C16H16O2S/c1-13-8-6-7-11-16(13)19(17,18)12-14(2)15-9-4-3-5-10-15/h3-11H,2,12H2,1H3. The molecule has 0 spiro atoms. The molecule has 0 atom stereocenters. The first-order valence-corrected chi connectivity index (χ1v) is 7.67. The molecule has 2 nitrogen and oxygen atoms in total. The highest BCUT2D eigenvalue weighted by Crippen LogP contribution is 2.21. The summed E-state index contributed by atoms with van der Waals surface area (Å²) < 4.78 is 24.8. The minimum absolute atomic E-state index is 0.0537. The van der Waals surface area contributed by atoms with Gasteiger partial charge in [-0.3, -0.25) is 0 Å². The Hall–Kier alpha value is -1.87. The lowest BCUT2D eigenvalue weighted by Gasteiger charge is -2.09. The van der Waals surface area contributed by atoms with Crippen LogP contribution in [0.3, 0.4) is 0 Å². The van der Waals surface area contributed by atoms with Gasteiger partial charge in [-0.1, -0.05) is 55.1 Å². The van der Waals surface area contributed by atoms with E-state index in [0.717, 1.165) is 11.1 Å². The lowest BCUT2D eigenvalue weighted by Crippen LogP contribution is -2.09. The van der Waals surface area contributed by atoms with Crippen LogP contribution >= 0.6 is 0 Å². The molecule has 0 aliphatic rings. The summed E-state index contributed by atoms with van der Waals surface area (Å²) in [6.45, 7) is 5.69. The normalized spacial score (nSPS) is 11.2. The molecule has 0 N–H and O–H groups in total. The topological polar surface area (TPSA) is 34.1 Å². The van der Waals surface area contributed by atoms with Crippen molar-refractivity contribution in [1.29, 1.82) is 0 Å². The fourth-order valence-electron chi connectivity index (χ4n) is 1.97. The first-order chi connectivity index (χ1) is 9.00. The first kappa shape index (κ1) is 13.6. The minimum atomic E-state index is -3.34. The van der Waals surface area contributed by atoms with Crippen molar-refractivity contribution in [3.63, 3.8) is 0 Å². The van der Waals surface area contributed by atoms with Gasteiger partial charge in [-0.05, 0) is 29.7 Å². The maximum absolute atomic E-state index is 12.4. The highest BCUT2D eigenvalue weighted by molar-refractivity contribution is 7.91. The molecular formula is C16H16O2S. The average molecular weight is 272 g/mol. The molecule has 0 aliphatic heterocycles. The van der Waals surface area contributed by atoms with Crippen LogP contribution in [0.1, 0.15) is 11.1 Å². The highest BCUT2D eigenvalue weighted by Gasteiger charge is 2.18. The van der Waals surface area contributed by atoms with E-state index in [0.29, 0.717) is 10.5 Å². The highest BCUT2D eigenvalue weighted by atomic mass is 32.2. The molecule has 0 heterocycles. The van der Waals surface area contributed by atoms with Gasteiger partial charge in [0.25, 0.3) is 0 Å². The Morgan fingerprint density at radius 2 is 1.58 bits per heavy atom. The van der Waals surface area contributed by atoms with Crippen molar-refractivity contribution in [3.8, 4) is 0 Å². The first-order valence-electron chi connectivity index (χ1n) is 6.02. The Kier molecular flexibility index (Phi) is 3.86. The summed E-state index contributed by atoms with van der Waals surface area (Å²) in [5, 5.41) is 0. The predicted molar refractivity (Wildman–Crippen MR) is 78.7 cm³/mol. The van der Waals surface area contributed by atoms with E-state index in [1.807, 2.05) is 36.4 Å². The van der Waals surface area contributed by atoms with Crippen LogP contribution in [-0.4, -0.2) is 14.2 Å². The number of hydrogen-bond acceptors (Lipinski definition) is 2. The number of sulfone groups is 1. The van der Waals surface area contributed by atoms with E-state index in [1.165, 1.54) is 0 Å². The molecule has 19 heavy (non-hydrogen) atoms. The monoisotopic (exact) mass is 272 g/mol. The average Bonchev–Trinajstić information content (AvgIpc) is 2.39. The van der Waals surface area contributed by atoms with Gasteiger partial charge >= 0.3 is 0 Å². The molecule has 0 aromatic heterocycles. The second-order valence-corrected chi connectivity index (χ2v) is 6.45. The molecule has 0 saturated carbocycles. The Morgan fingerprint density at radius 3 is 2.21 bits per heavy atom. The molecule has 0 saturated heterocycles. The van der Waals surface area contributed by atoms with Gasteiger partial charge < -0.3 is 0 Å². The number of aryl methyl sites for hydroxylation is 1. The molecule has 0 radical (unpaired) electrons. The summed E-state index contributed by atoms with van der Waals surface area (Å²) in [7, 11) is -3.34. The van der Waals surface area contributed by atoms with Crippen LogP contribution in [0, 0.1) is 6.92 Å². The quantitative estimate of drug-likeness (QED) is 0.854. The summed E-state index contributed by atoms with van der Waals surface area (Å²) >= 11 is 0. The second-order valence-electron chi connectivity index (χ2n) is 4.49. The zero-order valence-corrected chi connectivity index (χ0v) is 11.7. The maximum Gasteiger partial charge on any atom is 0.182 e. The Morgan fingerprint density at radius 1 is 1.00 bits per heavy atom. The van der Waals surface area contributed by atoms with E-state index in [4.69, 9.17) is 0 Å². The molecule has 2 aromatic rings. The van der Waals surface area contributed by atoms with Gasteiger partial charge in [0.15, 0.2) is 9.84 Å². The van der Waals surface area contributed by atoms with Gasteiger partial charge in [-0.25, -0.2) is 8.42 Å². The van der Waals surface area contributed by atoms with Crippen LogP contribution in [0.15, 0.2) is 66.1 Å². The zero-order valence-electron chi connectivity index (χ0n) is 10.8. The Labute approximate surface area is 114 Å². The molecule has 0 unspecified atom stereocenters. The lowest BCUT2D eigenvalue weighted by atomic mass is 10.1. The van der Waals surface area contributed by atoms with Crippen molar-refractivity contribution in [2.24, 2.45) is 0 Å². The number of benzene rings is 2. The maximum atomic E-state index is 12.4. The van der Waals surface area contributed by atoms with Crippen LogP contribution < -0.4 is 0 Å². The van der Waals surface area contributed by atoms with Gasteiger partial charge in [-0.15, -0.1) is 0 Å². The third-order valence-electron chi connectivity index (χ3n) is 2.97. The molecule has 0 bridgehead atoms. The molecule has 0 aliphatic carbocycles. The molecule has 0 fully saturated rings. The predicted octanol–water partition coefficient (Wildman–Crippen LogP) is 3.48. The zero-order chi connectivity index (χ0) is 13.9. The molecule has 2 rings (SSSR count). The second kappa shape index (κ2) is 5.41. The third-order valence-corrected chi connectivity index (χ3v) is 4.83. The van der Waals surface area contributed by atoms with Crippen molar-refractivity contribution in [2.75, 3.05) is 5.75 Å². The van der Waals surface area contributed by atoms with Crippen molar-refractivity contribution >= 4 is 15.4 Å². The summed E-state index contributed by atoms with van der Waals surface area (Å²) in [6, 6.07) is 16.4. The Balaban J connectivity index is 2.29. The molecule has 0 amide bonds. The smallest absolute Gasteiger partial charge is 0.182 e. The Bertz CT molecular complexity index is 686. The molecule has 3 heteroatoms. The van der Waals surface area contributed by atoms with Crippen LogP contribution in [0.5, 0.6) is 0 Å². The lowest BCUT2D eigenvalue weighted by molar-refractivity contribution is 0.599. The van der Waals surface area contributed by atoms with Crippen LogP contribution in [0.2, 0.25) is 0 Å². The fourth-order valence-corrected chi connectivity index (χ4v) is 3.60. The van der Waals surface area contributed by atoms with Crippen molar-refractivity contribution in [2.45, 2.75) is 11.8 Å². The number of rotatable bonds is 4. The van der Waals surface area contributed by atoms with Crippen molar-refractivity contribution in [1.82, 2.24) is 0 Å². The van der Waals surface area contributed by atoms with Gasteiger partial charge in [0, 0.05) is 0 Å². The van der Waals surface area contributed by atoms with Gasteiger partial charge in [0.2, 0.25) is 0 Å². The molecular weight excluding hydrogens is 256 g/mol. The van der Waals surface area contributed by atoms with Crippen LogP contribution in [0.25, 0.3) is 5.57 Å². The number of hydrogen-bond donors (Lipinski definition) is 0. The largest absolute Gasteiger partial charge is 0.223 e. The van der Waals surface area contributed by atoms with E-state index in [2.05, 4.69) is 6.58 Å². The van der Waals surface area contributed by atoms with E-state index in [-0.39, 0.29) is 5.75 Å². The van der Waals surface area contributed by atoms with Gasteiger partial charge in [0.05, 0.1) is 10.6 Å². The van der Waals surface area contributed by atoms with Crippen molar-refractivity contribution in [3.05, 3.63) is 72.3 Å². The van der Waals surface area contributed by atoms with Crippen LogP contribution in [0.4, 0.5) is 0 Å². The van der Waals surface area contributed by atoms with Crippen LogP contribution in [-0.2, 0) is 9.84 Å².